The number of nitrogens with zero attached hydrogens (tertiary/aromatic N) is 2. The molecule has 0 heterocycles. The second-order valence-electron chi connectivity index (χ2n) is 3.61. The van der Waals surface area contributed by atoms with Crippen LogP contribution < -0.4 is 5.73 Å². The Morgan fingerprint density at radius 3 is 2.44 bits per heavy atom. The summed E-state index contributed by atoms with van der Waals surface area (Å²) in [5.74, 6) is -1.02. The summed E-state index contributed by atoms with van der Waals surface area (Å²) in [5.41, 5.74) is 7.25. The van der Waals surface area contributed by atoms with Crippen molar-refractivity contribution in [3.63, 3.8) is 0 Å². The van der Waals surface area contributed by atoms with E-state index in [1.54, 1.807) is 12.1 Å². The van der Waals surface area contributed by atoms with E-state index in [4.69, 9.17) is 10.8 Å². The Balaban J connectivity index is 2.31. The molecule has 90 valence electrons. The number of hydrogen-bond donors (Lipinski definition) is 2. The standard InChI is InChI=1S/C13H11N3O2/c14-11-7-6-9(13(17)18)8-12(11)16-15-10-4-2-1-3-5-10/h1-8H,14H2,(H,17,18). The smallest absolute Gasteiger partial charge is 0.335 e. The first kappa shape index (κ1) is 11.8. The summed E-state index contributed by atoms with van der Waals surface area (Å²) in [5, 5.41) is 16.8. The molecule has 0 aliphatic heterocycles. The first-order chi connectivity index (χ1) is 8.66. The summed E-state index contributed by atoms with van der Waals surface area (Å²) < 4.78 is 0. The van der Waals surface area contributed by atoms with Gasteiger partial charge in [0.05, 0.1) is 16.9 Å². The molecular formula is C13H11N3O2. The maximum Gasteiger partial charge on any atom is 0.335 e. The number of carboxylic acid groups (broad SMARTS) is 1. The van der Waals surface area contributed by atoms with Crippen molar-refractivity contribution in [2.45, 2.75) is 0 Å². The molecule has 2 aromatic carbocycles. The van der Waals surface area contributed by atoms with Gasteiger partial charge in [-0.05, 0) is 30.3 Å². The van der Waals surface area contributed by atoms with E-state index in [1.807, 2.05) is 18.2 Å². The molecule has 2 rings (SSSR count). The number of nitrogens with two attached hydrogens (primary N) is 1. The van der Waals surface area contributed by atoms with E-state index in [9.17, 15) is 4.79 Å². The Morgan fingerprint density at radius 1 is 1.06 bits per heavy atom. The normalized spacial score (nSPS) is 10.7. The predicted octanol–water partition coefficient (Wildman–Crippen LogP) is 3.38. The molecule has 0 aliphatic rings. The highest BCUT2D eigenvalue weighted by Crippen LogP contribution is 2.25. The molecule has 0 radical (unpaired) electrons. The number of carboxylic acids is 1. The van der Waals surface area contributed by atoms with Crippen molar-refractivity contribution in [2.75, 3.05) is 5.73 Å². The molecule has 2 aromatic rings. The topological polar surface area (TPSA) is 88.0 Å². The summed E-state index contributed by atoms with van der Waals surface area (Å²) in [7, 11) is 0. The van der Waals surface area contributed by atoms with Crippen LogP contribution in [0.3, 0.4) is 0 Å². The van der Waals surface area contributed by atoms with Gasteiger partial charge in [-0.1, -0.05) is 18.2 Å². The average molecular weight is 241 g/mol. The minimum atomic E-state index is -1.02. The number of nitrogen functional groups attached to an aromatic ring is 1. The zero-order chi connectivity index (χ0) is 13.0. The van der Waals surface area contributed by atoms with Gasteiger partial charge in [0.1, 0.15) is 5.69 Å². The molecule has 0 aromatic heterocycles. The zero-order valence-electron chi connectivity index (χ0n) is 9.45. The monoisotopic (exact) mass is 241 g/mol. The van der Waals surface area contributed by atoms with Gasteiger partial charge in [0.25, 0.3) is 0 Å². The van der Waals surface area contributed by atoms with E-state index in [-0.39, 0.29) is 5.56 Å². The fourth-order valence-electron chi connectivity index (χ4n) is 1.37. The Morgan fingerprint density at radius 2 is 1.78 bits per heavy atom. The van der Waals surface area contributed by atoms with Crippen LogP contribution in [0.15, 0.2) is 58.8 Å². The minimum absolute atomic E-state index is 0.131. The number of rotatable bonds is 3. The Kier molecular flexibility index (Phi) is 3.33. The Bertz CT molecular complexity index is 594. The molecular weight excluding hydrogens is 230 g/mol. The quantitative estimate of drug-likeness (QED) is 0.637. The van der Waals surface area contributed by atoms with Crippen molar-refractivity contribution >= 4 is 23.0 Å². The van der Waals surface area contributed by atoms with Crippen molar-refractivity contribution < 1.29 is 9.90 Å². The SMILES string of the molecule is Nc1ccc(C(=O)O)cc1N=Nc1ccccc1. The summed E-state index contributed by atoms with van der Waals surface area (Å²) in [6, 6.07) is 13.5. The number of anilines is 1. The van der Waals surface area contributed by atoms with E-state index < -0.39 is 5.97 Å². The van der Waals surface area contributed by atoms with E-state index in [1.165, 1.54) is 18.2 Å². The van der Waals surface area contributed by atoms with Gasteiger partial charge in [0.15, 0.2) is 0 Å². The van der Waals surface area contributed by atoms with Crippen molar-refractivity contribution in [3.05, 3.63) is 54.1 Å². The molecule has 0 bridgehead atoms. The highest BCUT2D eigenvalue weighted by Gasteiger charge is 2.05. The van der Waals surface area contributed by atoms with Crippen molar-refractivity contribution in [2.24, 2.45) is 10.2 Å². The van der Waals surface area contributed by atoms with E-state index >= 15 is 0 Å². The number of benzene rings is 2. The summed E-state index contributed by atoms with van der Waals surface area (Å²) in [6.07, 6.45) is 0. The number of carbonyl (C=O) groups is 1. The minimum Gasteiger partial charge on any atom is -0.478 e. The van der Waals surface area contributed by atoms with Gasteiger partial charge in [-0.15, -0.1) is 5.11 Å². The van der Waals surface area contributed by atoms with Crippen LogP contribution in [0, 0.1) is 0 Å². The van der Waals surface area contributed by atoms with Gasteiger partial charge in [0.2, 0.25) is 0 Å². The molecule has 0 saturated heterocycles. The molecule has 5 nitrogen and oxygen atoms in total. The Hall–Kier alpha value is -2.69. The van der Waals surface area contributed by atoms with E-state index in [0.29, 0.717) is 17.1 Å². The first-order valence-electron chi connectivity index (χ1n) is 5.26. The Labute approximate surface area is 104 Å². The van der Waals surface area contributed by atoms with Gasteiger partial charge >= 0.3 is 5.97 Å². The van der Waals surface area contributed by atoms with E-state index in [0.717, 1.165) is 0 Å². The maximum absolute atomic E-state index is 10.8. The van der Waals surface area contributed by atoms with Crippen LogP contribution in [-0.4, -0.2) is 11.1 Å². The molecule has 0 aliphatic carbocycles. The maximum atomic E-state index is 10.8. The predicted molar refractivity (Wildman–Crippen MR) is 68.4 cm³/mol. The molecule has 5 heteroatoms. The molecule has 0 spiro atoms. The van der Waals surface area contributed by atoms with Crippen LogP contribution in [0.5, 0.6) is 0 Å². The van der Waals surface area contributed by atoms with Crippen LogP contribution in [0.25, 0.3) is 0 Å². The number of azo groups is 1. The zero-order valence-corrected chi connectivity index (χ0v) is 9.45. The highest BCUT2D eigenvalue weighted by atomic mass is 16.4. The molecule has 0 saturated carbocycles. The summed E-state index contributed by atoms with van der Waals surface area (Å²) in [6.45, 7) is 0. The van der Waals surface area contributed by atoms with Crippen molar-refractivity contribution in [3.8, 4) is 0 Å². The lowest BCUT2D eigenvalue weighted by atomic mass is 10.2. The van der Waals surface area contributed by atoms with Crippen molar-refractivity contribution in [1.82, 2.24) is 0 Å². The van der Waals surface area contributed by atoms with Gasteiger partial charge < -0.3 is 10.8 Å². The molecule has 0 amide bonds. The number of hydrogen-bond acceptors (Lipinski definition) is 4. The van der Waals surface area contributed by atoms with Crippen LogP contribution in [0.4, 0.5) is 17.1 Å². The lowest BCUT2D eigenvalue weighted by Gasteiger charge is -2.00. The van der Waals surface area contributed by atoms with Gasteiger partial charge in [-0.2, -0.15) is 5.11 Å². The second kappa shape index (κ2) is 5.09. The third-order valence-electron chi connectivity index (χ3n) is 2.31. The third-order valence-corrected chi connectivity index (χ3v) is 2.31. The van der Waals surface area contributed by atoms with Crippen LogP contribution in [-0.2, 0) is 0 Å². The fourth-order valence-corrected chi connectivity index (χ4v) is 1.37. The summed E-state index contributed by atoms with van der Waals surface area (Å²) in [4.78, 5) is 10.8. The fraction of sp³-hybridized carbons (Fsp3) is 0. The lowest BCUT2D eigenvalue weighted by Crippen LogP contribution is -1.96. The van der Waals surface area contributed by atoms with Gasteiger partial charge in [-0.3, -0.25) is 0 Å². The molecule has 18 heavy (non-hydrogen) atoms. The van der Waals surface area contributed by atoms with Crippen LogP contribution in [0.1, 0.15) is 10.4 Å². The average Bonchev–Trinajstić information content (AvgIpc) is 2.38. The second-order valence-corrected chi connectivity index (χ2v) is 3.61. The van der Waals surface area contributed by atoms with Gasteiger partial charge in [-0.25, -0.2) is 4.79 Å². The summed E-state index contributed by atoms with van der Waals surface area (Å²) >= 11 is 0. The number of aromatic carboxylic acids is 1. The van der Waals surface area contributed by atoms with E-state index in [2.05, 4.69) is 10.2 Å². The molecule has 0 atom stereocenters. The van der Waals surface area contributed by atoms with Gasteiger partial charge in [0, 0.05) is 0 Å². The molecule has 3 N–H and O–H groups in total. The van der Waals surface area contributed by atoms with Crippen LogP contribution in [0.2, 0.25) is 0 Å². The molecule has 0 unspecified atom stereocenters. The highest BCUT2D eigenvalue weighted by molar-refractivity contribution is 5.90. The first-order valence-corrected chi connectivity index (χ1v) is 5.26. The molecule has 0 fully saturated rings. The van der Waals surface area contributed by atoms with Crippen molar-refractivity contribution in [1.29, 1.82) is 0 Å². The lowest BCUT2D eigenvalue weighted by molar-refractivity contribution is 0.0697. The van der Waals surface area contributed by atoms with Crippen LogP contribution >= 0.6 is 0 Å². The third kappa shape index (κ3) is 2.70. The largest absolute Gasteiger partial charge is 0.478 e.